The van der Waals surface area contributed by atoms with E-state index in [0.717, 1.165) is 18.9 Å². The van der Waals surface area contributed by atoms with Crippen molar-refractivity contribution in [2.75, 3.05) is 11.4 Å². The molecule has 1 aromatic carbocycles. The number of carboxylic acid groups (broad SMARTS) is 1. The van der Waals surface area contributed by atoms with Gasteiger partial charge in [-0.1, -0.05) is 0 Å². The first-order chi connectivity index (χ1) is 9.36. The molecule has 0 saturated carbocycles. The molecule has 20 heavy (non-hydrogen) atoms. The van der Waals surface area contributed by atoms with Crippen LogP contribution in [-0.2, 0) is 4.79 Å². The number of anilines is 1. The molecule has 2 rings (SSSR count). The van der Waals surface area contributed by atoms with Crippen LogP contribution in [0.1, 0.15) is 26.2 Å². The van der Waals surface area contributed by atoms with E-state index in [9.17, 15) is 24.4 Å². The summed E-state index contributed by atoms with van der Waals surface area (Å²) in [7, 11) is 0. The van der Waals surface area contributed by atoms with Crippen LogP contribution in [0.25, 0.3) is 0 Å². The van der Waals surface area contributed by atoms with Gasteiger partial charge >= 0.3 is 5.97 Å². The molecule has 0 aliphatic carbocycles. The molecule has 1 unspecified atom stereocenters. The van der Waals surface area contributed by atoms with E-state index >= 15 is 0 Å². The second kappa shape index (κ2) is 5.07. The van der Waals surface area contributed by atoms with E-state index in [1.165, 1.54) is 17.0 Å². The summed E-state index contributed by atoms with van der Waals surface area (Å²) in [6.45, 7) is 1.97. The van der Waals surface area contributed by atoms with Crippen molar-refractivity contribution in [2.24, 2.45) is 0 Å². The maximum Gasteiger partial charge on any atom is 0.329 e. The van der Waals surface area contributed by atoms with Gasteiger partial charge in [0, 0.05) is 12.6 Å². The molecule has 0 radical (unpaired) electrons. The number of nitro benzene ring substituents is 1. The average Bonchev–Trinajstić information content (AvgIpc) is 2.39. The van der Waals surface area contributed by atoms with Gasteiger partial charge in [0.2, 0.25) is 0 Å². The number of nitro groups is 1. The Morgan fingerprint density at radius 2 is 2.20 bits per heavy atom. The lowest BCUT2D eigenvalue weighted by Crippen LogP contribution is -2.55. The van der Waals surface area contributed by atoms with Crippen LogP contribution < -0.4 is 4.90 Å². The smallest absolute Gasteiger partial charge is 0.329 e. The molecule has 0 aromatic heterocycles. The van der Waals surface area contributed by atoms with Gasteiger partial charge in [0.05, 0.1) is 16.7 Å². The maximum atomic E-state index is 14.1. The summed E-state index contributed by atoms with van der Waals surface area (Å²) >= 11 is 0. The molecule has 1 saturated heterocycles. The third kappa shape index (κ3) is 2.31. The standard InChI is InChI=1S/C13H15FN2O4/c1-13(12(17)18)6-2-3-7-15(13)11-5-4-9(16(19)20)8-10(11)14/h4-5,8H,2-3,6-7H2,1H3,(H,17,18). The number of carboxylic acids is 1. The molecule has 1 heterocycles. The van der Waals surface area contributed by atoms with Crippen LogP contribution >= 0.6 is 0 Å². The van der Waals surface area contributed by atoms with Crippen LogP contribution in [0.3, 0.4) is 0 Å². The fourth-order valence-corrected chi connectivity index (χ4v) is 2.56. The van der Waals surface area contributed by atoms with Crippen LogP contribution in [-0.4, -0.2) is 28.1 Å². The third-order valence-corrected chi connectivity index (χ3v) is 3.78. The Bertz CT molecular complexity index is 563. The Hall–Kier alpha value is -2.18. The summed E-state index contributed by atoms with van der Waals surface area (Å²) in [5, 5.41) is 20.0. The summed E-state index contributed by atoms with van der Waals surface area (Å²) < 4.78 is 14.1. The Labute approximate surface area is 115 Å². The fourth-order valence-electron chi connectivity index (χ4n) is 2.56. The lowest BCUT2D eigenvalue weighted by molar-refractivity contribution is -0.385. The predicted molar refractivity (Wildman–Crippen MR) is 70.3 cm³/mol. The molecule has 1 aromatic rings. The second-order valence-electron chi connectivity index (χ2n) is 5.08. The van der Waals surface area contributed by atoms with E-state index in [1.807, 2.05) is 0 Å². The zero-order valence-corrected chi connectivity index (χ0v) is 11.0. The summed E-state index contributed by atoms with van der Waals surface area (Å²) in [6.07, 6.45) is 1.94. The summed E-state index contributed by atoms with van der Waals surface area (Å²) in [6, 6.07) is 3.29. The van der Waals surface area contributed by atoms with Gasteiger partial charge in [-0.15, -0.1) is 0 Å². The van der Waals surface area contributed by atoms with Gasteiger partial charge in [0.25, 0.3) is 5.69 Å². The van der Waals surface area contributed by atoms with Crippen LogP contribution in [0.5, 0.6) is 0 Å². The highest BCUT2D eigenvalue weighted by atomic mass is 19.1. The van der Waals surface area contributed by atoms with Crippen molar-refractivity contribution in [2.45, 2.75) is 31.7 Å². The fraction of sp³-hybridized carbons (Fsp3) is 0.462. The Kier molecular flexibility index (Phi) is 3.61. The van der Waals surface area contributed by atoms with Gasteiger partial charge < -0.3 is 10.0 Å². The molecule has 0 bridgehead atoms. The minimum absolute atomic E-state index is 0.0974. The van der Waals surface area contributed by atoms with Gasteiger partial charge in [0.15, 0.2) is 5.82 Å². The molecular formula is C13H15FN2O4. The maximum absolute atomic E-state index is 14.1. The van der Waals surface area contributed by atoms with Crippen molar-refractivity contribution in [3.63, 3.8) is 0 Å². The van der Waals surface area contributed by atoms with Crippen molar-refractivity contribution in [1.82, 2.24) is 0 Å². The Morgan fingerprint density at radius 1 is 1.50 bits per heavy atom. The monoisotopic (exact) mass is 282 g/mol. The van der Waals surface area contributed by atoms with E-state index in [0.29, 0.717) is 13.0 Å². The molecule has 0 amide bonds. The van der Waals surface area contributed by atoms with Crippen molar-refractivity contribution in [3.8, 4) is 0 Å². The number of hydrogen-bond acceptors (Lipinski definition) is 4. The van der Waals surface area contributed by atoms with E-state index < -0.39 is 22.2 Å². The molecule has 1 atom stereocenters. The number of non-ortho nitro benzene ring substituents is 1. The average molecular weight is 282 g/mol. The number of halogens is 1. The lowest BCUT2D eigenvalue weighted by atomic mass is 9.88. The zero-order chi connectivity index (χ0) is 14.9. The number of hydrogen-bond donors (Lipinski definition) is 1. The zero-order valence-electron chi connectivity index (χ0n) is 11.0. The highest BCUT2D eigenvalue weighted by Crippen LogP contribution is 2.35. The van der Waals surface area contributed by atoms with E-state index in [4.69, 9.17) is 0 Å². The molecular weight excluding hydrogens is 267 g/mol. The molecule has 108 valence electrons. The highest BCUT2D eigenvalue weighted by Gasteiger charge is 2.42. The number of nitrogens with zero attached hydrogens (tertiary/aromatic N) is 2. The first-order valence-corrected chi connectivity index (χ1v) is 6.31. The largest absolute Gasteiger partial charge is 0.480 e. The van der Waals surface area contributed by atoms with E-state index in [-0.39, 0.29) is 11.4 Å². The molecule has 7 heteroatoms. The Morgan fingerprint density at radius 3 is 2.75 bits per heavy atom. The Balaban J connectivity index is 2.43. The predicted octanol–water partition coefficient (Wildman–Crippen LogP) is 2.57. The van der Waals surface area contributed by atoms with Gasteiger partial charge in [-0.2, -0.15) is 0 Å². The van der Waals surface area contributed by atoms with Gasteiger partial charge in [-0.3, -0.25) is 10.1 Å². The highest BCUT2D eigenvalue weighted by molar-refractivity contribution is 5.83. The number of aliphatic carboxylic acids is 1. The van der Waals surface area contributed by atoms with Crippen LogP contribution in [0, 0.1) is 15.9 Å². The summed E-state index contributed by atoms with van der Waals surface area (Å²) in [4.78, 5) is 22.9. The lowest BCUT2D eigenvalue weighted by Gasteiger charge is -2.43. The number of carbonyl (C=O) groups is 1. The van der Waals surface area contributed by atoms with Crippen molar-refractivity contribution in [3.05, 3.63) is 34.1 Å². The van der Waals surface area contributed by atoms with Crippen molar-refractivity contribution >= 4 is 17.3 Å². The number of rotatable bonds is 3. The first kappa shape index (κ1) is 14.2. The van der Waals surface area contributed by atoms with E-state index in [2.05, 4.69) is 0 Å². The molecule has 1 N–H and O–H groups in total. The minimum atomic E-state index is -1.19. The molecule has 1 aliphatic rings. The second-order valence-corrected chi connectivity index (χ2v) is 5.08. The number of piperidine rings is 1. The van der Waals surface area contributed by atoms with Gasteiger partial charge in [0.1, 0.15) is 5.54 Å². The van der Waals surface area contributed by atoms with Gasteiger partial charge in [-0.25, -0.2) is 9.18 Å². The normalized spacial score (nSPS) is 22.6. The van der Waals surface area contributed by atoms with Gasteiger partial charge in [-0.05, 0) is 32.3 Å². The van der Waals surface area contributed by atoms with Crippen LogP contribution in [0.2, 0.25) is 0 Å². The third-order valence-electron chi connectivity index (χ3n) is 3.78. The molecule has 1 fully saturated rings. The van der Waals surface area contributed by atoms with Crippen LogP contribution in [0.4, 0.5) is 15.8 Å². The van der Waals surface area contributed by atoms with Crippen molar-refractivity contribution in [1.29, 1.82) is 0 Å². The molecule has 6 nitrogen and oxygen atoms in total. The molecule has 0 spiro atoms. The molecule has 1 aliphatic heterocycles. The first-order valence-electron chi connectivity index (χ1n) is 6.31. The van der Waals surface area contributed by atoms with Crippen molar-refractivity contribution < 1.29 is 19.2 Å². The summed E-state index contributed by atoms with van der Waals surface area (Å²) in [5.74, 6) is -1.79. The minimum Gasteiger partial charge on any atom is -0.480 e. The van der Waals surface area contributed by atoms with Crippen LogP contribution in [0.15, 0.2) is 18.2 Å². The SMILES string of the molecule is CC1(C(=O)O)CCCCN1c1ccc([N+](=O)[O-])cc1F. The topological polar surface area (TPSA) is 83.7 Å². The van der Waals surface area contributed by atoms with E-state index in [1.54, 1.807) is 6.92 Å². The summed E-state index contributed by atoms with van der Waals surface area (Å²) in [5.41, 5.74) is -1.43. The number of benzene rings is 1. The quantitative estimate of drug-likeness (QED) is 0.680.